The Balaban J connectivity index is 0.00000144. The molecule has 1 aliphatic rings. The molecule has 0 spiro atoms. The molecule has 0 amide bonds. The summed E-state index contributed by atoms with van der Waals surface area (Å²) in [7, 11) is 0. The number of hydrogen-bond donors (Lipinski definition) is 1. The summed E-state index contributed by atoms with van der Waals surface area (Å²) in [6.45, 7) is 7.70. The third kappa shape index (κ3) is 3.27. The molecule has 1 N–H and O–H groups in total. The topological polar surface area (TPSA) is 15.3 Å². The summed E-state index contributed by atoms with van der Waals surface area (Å²) >= 11 is 0. The lowest BCUT2D eigenvalue weighted by molar-refractivity contribution is 0.163. The highest BCUT2D eigenvalue weighted by Crippen LogP contribution is 2.16. The molecule has 0 aromatic heterocycles. The summed E-state index contributed by atoms with van der Waals surface area (Å²) in [5, 5.41) is 3.34. The smallest absolute Gasteiger partial charge is 0.130 e. The van der Waals surface area contributed by atoms with E-state index >= 15 is 0 Å². The van der Waals surface area contributed by atoms with E-state index in [1.165, 1.54) is 0 Å². The monoisotopic (exact) mass is 238 g/mol. The predicted octanol–water partition coefficient (Wildman–Crippen LogP) is 2.56. The van der Waals surface area contributed by atoms with Crippen molar-refractivity contribution in [3.05, 3.63) is 35.1 Å². The molecule has 2 rings (SSSR count). The third-order valence-corrected chi connectivity index (χ3v) is 3.28. The third-order valence-electron chi connectivity index (χ3n) is 3.28. The molecular formula is C14H23FN2. The van der Waals surface area contributed by atoms with Crippen LogP contribution in [0.15, 0.2) is 18.2 Å². The van der Waals surface area contributed by atoms with E-state index in [1.807, 2.05) is 25.1 Å². The first-order valence-electron chi connectivity index (χ1n) is 5.87. The second-order valence-corrected chi connectivity index (χ2v) is 4.57. The number of nitrogens with one attached hydrogen (secondary N) is 1. The average Bonchev–Trinajstić information content (AvgIpc) is 2.28. The van der Waals surface area contributed by atoms with Gasteiger partial charge in [0.05, 0.1) is 0 Å². The van der Waals surface area contributed by atoms with E-state index in [9.17, 15) is 4.39 Å². The summed E-state index contributed by atoms with van der Waals surface area (Å²) in [5.74, 6) is -0.0479. The first kappa shape index (κ1) is 14.1. The molecule has 2 nitrogen and oxygen atoms in total. The molecule has 96 valence electrons. The zero-order chi connectivity index (χ0) is 11.5. The number of rotatable bonds is 2. The van der Waals surface area contributed by atoms with Crippen molar-refractivity contribution in [3.63, 3.8) is 0 Å². The van der Waals surface area contributed by atoms with Gasteiger partial charge in [-0.05, 0) is 19.4 Å². The van der Waals surface area contributed by atoms with Gasteiger partial charge in [-0.3, -0.25) is 4.90 Å². The van der Waals surface area contributed by atoms with Crippen LogP contribution in [0.1, 0.15) is 25.5 Å². The van der Waals surface area contributed by atoms with Gasteiger partial charge in [0, 0.05) is 37.8 Å². The predicted molar refractivity (Wildman–Crippen MR) is 70.6 cm³/mol. The molecule has 0 saturated carbocycles. The van der Waals surface area contributed by atoms with Crippen molar-refractivity contribution in [2.45, 2.75) is 33.9 Å². The molecule has 0 unspecified atom stereocenters. The van der Waals surface area contributed by atoms with Gasteiger partial charge in [-0.15, -0.1) is 0 Å². The lowest BCUT2D eigenvalue weighted by Gasteiger charge is -2.34. The molecule has 17 heavy (non-hydrogen) atoms. The van der Waals surface area contributed by atoms with E-state index in [1.54, 1.807) is 0 Å². The van der Waals surface area contributed by atoms with Crippen LogP contribution in [0.5, 0.6) is 0 Å². The zero-order valence-electron chi connectivity index (χ0n) is 9.96. The number of benzene rings is 1. The van der Waals surface area contributed by atoms with Gasteiger partial charge in [-0.25, -0.2) is 4.39 Å². The summed E-state index contributed by atoms with van der Waals surface area (Å²) in [6.07, 6.45) is 0. The Morgan fingerprint density at radius 1 is 1.47 bits per heavy atom. The van der Waals surface area contributed by atoms with E-state index in [0.29, 0.717) is 6.04 Å². The Bertz CT molecular complexity index is 365. The largest absolute Gasteiger partial charge is 0.314 e. The Labute approximate surface area is 104 Å². The summed E-state index contributed by atoms with van der Waals surface area (Å²) in [6, 6.07) is 6.12. The molecule has 0 aliphatic carbocycles. The molecule has 0 bridgehead atoms. The van der Waals surface area contributed by atoms with Gasteiger partial charge in [-0.2, -0.15) is 0 Å². The minimum Gasteiger partial charge on any atom is -0.314 e. The van der Waals surface area contributed by atoms with Crippen LogP contribution in [-0.4, -0.2) is 30.6 Å². The van der Waals surface area contributed by atoms with E-state index < -0.39 is 0 Å². The lowest BCUT2D eigenvalue weighted by atomic mass is 10.1. The highest BCUT2D eigenvalue weighted by molar-refractivity contribution is 5.24. The number of aryl methyl sites for hydroxylation is 1. The fourth-order valence-electron chi connectivity index (χ4n) is 2.17. The van der Waals surface area contributed by atoms with Gasteiger partial charge < -0.3 is 5.32 Å². The molecule has 1 atom stereocenters. The van der Waals surface area contributed by atoms with Crippen LogP contribution < -0.4 is 5.32 Å². The standard InChI is InChI=1S/C13H19FN2.CH4/c1-10-4-3-5-12(13(10)14)9-16-7-6-15-8-11(16)2;/h3-5,11,15H,6-9H2,1-2H3;1H4/t11-;/m1./s1. The van der Waals surface area contributed by atoms with E-state index in [0.717, 1.165) is 37.3 Å². The lowest BCUT2D eigenvalue weighted by Crippen LogP contribution is -2.49. The molecular weight excluding hydrogens is 215 g/mol. The van der Waals surface area contributed by atoms with Crippen molar-refractivity contribution in [2.75, 3.05) is 19.6 Å². The number of halogens is 1. The SMILES string of the molecule is C.Cc1cccc(CN2CCNC[C@H]2C)c1F. The van der Waals surface area contributed by atoms with E-state index in [-0.39, 0.29) is 13.2 Å². The average molecular weight is 238 g/mol. The van der Waals surface area contributed by atoms with Crippen LogP contribution in [0.2, 0.25) is 0 Å². The highest BCUT2D eigenvalue weighted by atomic mass is 19.1. The number of piperazine rings is 1. The van der Waals surface area contributed by atoms with Gasteiger partial charge in [0.15, 0.2) is 0 Å². The second-order valence-electron chi connectivity index (χ2n) is 4.57. The molecule has 1 heterocycles. The maximum Gasteiger partial charge on any atom is 0.130 e. The van der Waals surface area contributed by atoms with Crippen LogP contribution in [0.4, 0.5) is 4.39 Å². The number of hydrogen-bond acceptors (Lipinski definition) is 2. The minimum atomic E-state index is -0.0479. The van der Waals surface area contributed by atoms with Crippen molar-refractivity contribution in [2.24, 2.45) is 0 Å². The fraction of sp³-hybridized carbons (Fsp3) is 0.571. The van der Waals surface area contributed by atoms with Crippen LogP contribution in [0.3, 0.4) is 0 Å². The first-order valence-corrected chi connectivity index (χ1v) is 5.87. The Hall–Kier alpha value is -0.930. The van der Waals surface area contributed by atoms with Crippen LogP contribution in [-0.2, 0) is 6.54 Å². The normalized spacial score (nSPS) is 21.0. The van der Waals surface area contributed by atoms with Crippen molar-refractivity contribution in [1.29, 1.82) is 0 Å². The van der Waals surface area contributed by atoms with Crippen molar-refractivity contribution < 1.29 is 4.39 Å². The quantitative estimate of drug-likeness (QED) is 0.852. The molecule has 0 radical (unpaired) electrons. The molecule has 1 saturated heterocycles. The Morgan fingerprint density at radius 3 is 2.94 bits per heavy atom. The first-order chi connectivity index (χ1) is 7.68. The molecule has 1 aliphatic heterocycles. The molecule has 1 aromatic carbocycles. The maximum absolute atomic E-state index is 13.8. The molecule has 3 heteroatoms. The zero-order valence-corrected chi connectivity index (χ0v) is 9.96. The highest BCUT2D eigenvalue weighted by Gasteiger charge is 2.19. The molecule has 1 aromatic rings. The van der Waals surface area contributed by atoms with Crippen LogP contribution in [0, 0.1) is 12.7 Å². The van der Waals surface area contributed by atoms with Crippen LogP contribution >= 0.6 is 0 Å². The number of nitrogens with zero attached hydrogens (tertiary/aromatic N) is 1. The Morgan fingerprint density at radius 2 is 2.24 bits per heavy atom. The second kappa shape index (κ2) is 6.12. The van der Waals surface area contributed by atoms with Gasteiger partial charge in [0.25, 0.3) is 0 Å². The van der Waals surface area contributed by atoms with E-state index in [4.69, 9.17) is 0 Å². The molecule has 1 fully saturated rings. The van der Waals surface area contributed by atoms with Crippen molar-refractivity contribution in [3.8, 4) is 0 Å². The summed E-state index contributed by atoms with van der Waals surface area (Å²) in [4.78, 5) is 2.33. The minimum absolute atomic E-state index is 0. The Kier molecular flexibility index (Phi) is 5.09. The maximum atomic E-state index is 13.8. The summed E-state index contributed by atoms with van der Waals surface area (Å²) < 4.78 is 13.8. The van der Waals surface area contributed by atoms with Gasteiger partial charge in [-0.1, -0.05) is 25.6 Å². The van der Waals surface area contributed by atoms with Crippen molar-refractivity contribution in [1.82, 2.24) is 10.2 Å². The van der Waals surface area contributed by atoms with Crippen molar-refractivity contribution >= 4 is 0 Å². The van der Waals surface area contributed by atoms with Crippen LogP contribution in [0.25, 0.3) is 0 Å². The van der Waals surface area contributed by atoms with E-state index in [2.05, 4.69) is 17.1 Å². The van der Waals surface area contributed by atoms with Gasteiger partial charge >= 0.3 is 0 Å². The van der Waals surface area contributed by atoms with Gasteiger partial charge in [0.1, 0.15) is 5.82 Å². The van der Waals surface area contributed by atoms with Gasteiger partial charge in [0.2, 0.25) is 0 Å². The fourth-order valence-corrected chi connectivity index (χ4v) is 2.17. The summed E-state index contributed by atoms with van der Waals surface area (Å²) in [5.41, 5.74) is 1.55.